The van der Waals surface area contributed by atoms with Crippen LogP contribution in [0.5, 0.6) is 0 Å². The highest BCUT2D eigenvalue weighted by Crippen LogP contribution is 2.51. The van der Waals surface area contributed by atoms with Crippen LogP contribution in [-0.2, 0) is 4.74 Å². The zero-order valence-corrected chi connectivity index (χ0v) is 17.7. The van der Waals surface area contributed by atoms with Crippen molar-refractivity contribution in [3.63, 3.8) is 0 Å². The van der Waals surface area contributed by atoms with Crippen LogP contribution in [0.1, 0.15) is 0 Å². The van der Waals surface area contributed by atoms with Gasteiger partial charge in [-0.2, -0.15) is 0 Å². The smallest absolute Gasteiger partial charge is 0.0792 e. The first-order valence-corrected chi connectivity index (χ1v) is 10.8. The van der Waals surface area contributed by atoms with E-state index in [-0.39, 0.29) is 0 Å². The molecular formula is C24H16Cl3NO. The summed E-state index contributed by atoms with van der Waals surface area (Å²) in [5, 5.41) is 10.4. The first-order valence-electron chi connectivity index (χ1n) is 9.65. The zero-order valence-electron chi connectivity index (χ0n) is 15.4. The monoisotopic (exact) mass is 439 g/mol. The van der Waals surface area contributed by atoms with E-state index in [4.69, 9.17) is 39.5 Å². The van der Waals surface area contributed by atoms with Crippen LogP contribution >= 0.6 is 34.8 Å². The van der Waals surface area contributed by atoms with E-state index in [1.807, 2.05) is 0 Å². The third kappa shape index (κ3) is 2.41. The van der Waals surface area contributed by atoms with Gasteiger partial charge in [0.05, 0.1) is 28.3 Å². The lowest BCUT2D eigenvalue weighted by molar-refractivity contribution is 0.123. The predicted molar refractivity (Wildman–Crippen MR) is 126 cm³/mol. The van der Waals surface area contributed by atoms with Gasteiger partial charge < -0.3 is 9.64 Å². The van der Waals surface area contributed by atoms with Gasteiger partial charge in [-0.1, -0.05) is 77.3 Å². The Balaban J connectivity index is 1.90. The van der Waals surface area contributed by atoms with Crippen LogP contribution in [0.4, 0.5) is 5.69 Å². The fraction of sp³-hybridized carbons (Fsp3) is 0.167. The van der Waals surface area contributed by atoms with Gasteiger partial charge in [-0.05, 0) is 33.0 Å². The van der Waals surface area contributed by atoms with E-state index < -0.39 is 0 Å². The highest BCUT2D eigenvalue weighted by atomic mass is 35.5. The number of hydrogen-bond acceptors (Lipinski definition) is 2. The first kappa shape index (κ1) is 17.9. The van der Waals surface area contributed by atoms with Crippen LogP contribution < -0.4 is 4.90 Å². The van der Waals surface area contributed by atoms with Crippen molar-refractivity contribution in [1.82, 2.24) is 0 Å². The van der Waals surface area contributed by atoms with Crippen molar-refractivity contribution in [3.05, 3.63) is 63.6 Å². The van der Waals surface area contributed by atoms with Crippen molar-refractivity contribution >= 4 is 83.6 Å². The summed E-state index contributed by atoms with van der Waals surface area (Å²) >= 11 is 20.3. The molecule has 5 aromatic carbocycles. The van der Waals surface area contributed by atoms with Crippen LogP contribution in [-0.4, -0.2) is 26.3 Å². The quantitative estimate of drug-likeness (QED) is 0.152. The molecule has 5 heteroatoms. The number of morpholine rings is 1. The molecule has 1 aliphatic heterocycles. The Labute approximate surface area is 182 Å². The van der Waals surface area contributed by atoms with Gasteiger partial charge in [0.2, 0.25) is 0 Å². The van der Waals surface area contributed by atoms with Crippen LogP contribution in [0.15, 0.2) is 48.5 Å². The van der Waals surface area contributed by atoms with Gasteiger partial charge >= 0.3 is 0 Å². The van der Waals surface area contributed by atoms with Crippen LogP contribution in [0.25, 0.3) is 43.1 Å². The second kappa shape index (κ2) is 6.52. The largest absolute Gasteiger partial charge is 0.378 e. The van der Waals surface area contributed by atoms with Crippen molar-refractivity contribution in [2.45, 2.75) is 0 Å². The zero-order chi connectivity index (χ0) is 19.7. The van der Waals surface area contributed by atoms with E-state index in [9.17, 15) is 0 Å². The van der Waals surface area contributed by atoms with Crippen LogP contribution in [0.3, 0.4) is 0 Å². The molecule has 0 amide bonds. The molecule has 1 fully saturated rings. The van der Waals surface area contributed by atoms with Gasteiger partial charge in [0, 0.05) is 34.9 Å². The van der Waals surface area contributed by atoms with Gasteiger partial charge in [-0.25, -0.2) is 0 Å². The van der Waals surface area contributed by atoms with Crippen molar-refractivity contribution in [3.8, 4) is 0 Å². The number of rotatable bonds is 1. The minimum absolute atomic E-state index is 0.416. The summed E-state index contributed by atoms with van der Waals surface area (Å²) < 4.78 is 5.55. The summed E-state index contributed by atoms with van der Waals surface area (Å²) in [6.07, 6.45) is 0. The van der Waals surface area contributed by atoms with Crippen LogP contribution in [0, 0.1) is 0 Å². The molecule has 1 heterocycles. The maximum atomic E-state index is 6.84. The third-order valence-corrected chi connectivity index (χ3v) is 7.40. The number of anilines is 1. The van der Waals surface area contributed by atoms with Gasteiger partial charge in [0.15, 0.2) is 0 Å². The molecule has 0 aromatic heterocycles. The van der Waals surface area contributed by atoms with Crippen molar-refractivity contribution in [2.24, 2.45) is 0 Å². The Hall–Kier alpha value is -1.97. The molecule has 5 aromatic rings. The van der Waals surface area contributed by atoms with E-state index in [1.165, 1.54) is 16.2 Å². The van der Waals surface area contributed by atoms with E-state index in [1.54, 1.807) is 0 Å². The summed E-state index contributed by atoms with van der Waals surface area (Å²) in [7, 11) is 0. The Morgan fingerprint density at radius 2 is 1.28 bits per heavy atom. The highest BCUT2D eigenvalue weighted by Gasteiger charge is 2.24. The molecule has 0 N–H and O–H groups in total. The molecular weight excluding hydrogens is 425 g/mol. The average molecular weight is 441 g/mol. The van der Waals surface area contributed by atoms with E-state index in [2.05, 4.69) is 53.4 Å². The molecule has 6 rings (SSSR count). The first-order chi connectivity index (χ1) is 14.2. The van der Waals surface area contributed by atoms with Gasteiger partial charge in [-0.15, -0.1) is 0 Å². The second-order valence-electron chi connectivity index (χ2n) is 7.51. The highest BCUT2D eigenvalue weighted by molar-refractivity contribution is 6.56. The minimum atomic E-state index is 0.416. The molecule has 0 atom stereocenters. The minimum Gasteiger partial charge on any atom is -0.378 e. The number of benzene rings is 5. The summed E-state index contributed by atoms with van der Waals surface area (Å²) in [5.41, 5.74) is 1.09. The fourth-order valence-corrected chi connectivity index (χ4v) is 5.63. The molecule has 0 bridgehead atoms. The molecule has 0 radical (unpaired) electrons. The topological polar surface area (TPSA) is 12.5 Å². The Kier molecular flexibility index (Phi) is 4.01. The molecule has 29 heavy (non-hydrogen) atoms. The normalized spacial score (nSPS) is 15.3. The van der Waals surface area contributed by atoms with Crippen LogP contribution in [0.2, 0.25) is 15.1 Å². The number of fused-ring (bicyclic) bond motifs is 2. The Bertz CT molecular complexity index is 1420. The van der Waals surface area contributed by atoms with E-state index >= 15 is 0 Å². The molecule has 0 spiro atoms. The Morgan fingerprint density at radius 3 is 2.03 bits per heavy atom. The van der Waals surface area contributed by atoms with E-state index in [0.717, 1.165) is 45.7 Å². The summed E-state index contributed by atoms with van der Waals surface area (Å²) in [6, 6.07) is 17.1. The third-order valence-electron chi connectivity index (χ3n) is 6.07. The predicted octanol–water partition coefficient (Wildman–Crippen LogP) is 7.53. The molecule has 2 nitrogen and oxygen atoms in total. The number of nitrogens with zero attached hydrogens (tertiary/aromatic N) is 1. The number of halogens is 3. The second-order valence-corrected chi connectivity index (χ2v) is 8.64. The summed E-state index contributed by atoms with van der Waals surface area (Å²) in [5.74, 6) is 0. The van der Waals surface area contributed by atoms with E-state index in [0.29, 0.717) is 28.3 Å². The standard InChI is InChI=1S/C24H16Cl3NO/c25-22-20-16-6-2-4-13-3-1-5-14(18(13)16)15-7-8-17(28-9-11-29-12-10-28)21(19(15)20)23(26)24(22)27/h1-8H,9-12H2. The Morgan fingerprint density at radius 1 is 0.621 bits per heavy atom. The molecule has 1 aliphatic rings. The molecule has 1 saturated heterocycles. The van der Waals surface area contributed by atoms with Crippen molar-refractivity contribution < 1.29 is 4.74 Å². The molecule has 0 unspecified atom stereocenters. The average Bonchev–Trinajstić information content (AvgIpc) is 2.77. The van der Waals surface area contributed by atoms with Gasteiger partial charge in [0.1, 0.15) is 0 Å². The maximum absolute atomic E-state index is 6.84. The van der Waals surface area contributed by atoms with Crippen molar-refractivity contribution in [2.75, 3.05) is 31.2 Å². The maximum Gasteiger partial charge on any atom is 0.0792 e. The van der Waals surface area contributed by atoms with Gasteiger partial charge in [-0.3, -0.25) is 0 Å². The lowest BCUT2D eigenvalue weighted by Crippen LogP contribution is -2.36. The SMILES string of the molecule is Clc1c(Cl)c2c(N3CCOCC3)ccc3c4cccc5cccc(c(c1Cl)c23)c54. The summed E-state index contributed by atoms with van der Waals surface area (Å²) in [4.78, 5) is 2.32. The van der Waals surface area contributed by atoms with Crippen molar-refractivity contribution in [1.29, 1.82) is 0 Å². The van der Waals surface area contributed by atoms with Gasteiger partial charge in [0.25, 0.3) is 0 Å². The molecule has 0 aliphatic carbocycles. The molecule has 144 valence electrons. The fourth-order valence-electron chi connectivity index (χ4n) is 4.82. The molecule has 0 saturated carbocycles. The lowest BCUT2D eigenvalue weighted by atomic mass is 9.89. The summed E-state index contributed by atoms with van der Waals surface area (Å²) in [6.45, 7) is 3.06. The number of ether oxygens (including phenoxy) is 1. The lowest BCUT2D eigenvalue weighted by Gasteiger charge is -2.31. The number of hydrogen-bond donors (Lipinski definition) is 0.